The molecule has 4 aromatic carbocycles. The van der Waals surface area contributed by atoms with Crippen LogP contribution in [0.4, 0.5) is 0 Å². The summed E-state index contributed by atoms with van der Waals surface area (Å²) in [5.74, 6) is -5.11. The lowest BCUT2D eigenvalue weighted by Gasteiger charge is -2.39. The highest BCUT2D eigenvalue weighted by atomic mass is 16.3. The second-order valence-electron chi connectivity index (χ2n) is 16.6. The Kier molecular flexibility index (Phi) is 11.8. The second-order valence-corrected chi connectivity index (χ2v) is 16.6. The second kappa shape index (κ2) is 16.5. The van der Waals surface area contributed by atoms with Crippen molar-refractivity contribution in [2.45, 2.75) is 106 Å². The van der Waals surface area contributed by atoms with Crippen molar-refractivity contribution in [2.75, 3.05) is 0 Å². The lowest BCUT2D eigenvalue weighted by molar-refractivity contribution is 0.101. The van der Waals surface area contributed by atoms with Gasteiger partial charge in [-0.15, -0.1) is 0 Å². The summed E-state index contributed by atoms with van der Waals surface area (Å²) < 4.78 is 0. The Morgan fingerprint density at radius 3 is 1.17 bits per heavy atom. The Balaban J connectivity index is 1.59. The molecular weight excluding hydrogens is 729 g/mol. The maximum Gasteiger partial charge on any atom is 0.201 e. The zero-order chi connectivity index (χ0) is 42.3. The van der Waals surface area contributed by atoms with Crippen LogP contribution in [0.5, 0.6) is 34.5 Å². The van der Waals surface area contributed by atoms with E-state index in [0.29, 0.717) is 22.3 Å². The number of benzene rings is 4. The standard InChI is InChI=1S/C50H54O8/c1-25(2)11-9-13-27(5)15-17-31-37(51)23-35-41(33-19-29(7)21-39(53)43(33)49(57)45(35)47(31)55)42-34-20-30(8)22-40(54)44(34)50(58)46-36(42)24-38(52)32(48(46)56)18-16-28(6)14-10-12-26(3)4/h11-12,15-16,19-24,41-42,51-56H,9-10,13-14,17-18H2,1-8H3/b27-15-,28-16+/t41-,42-/m0/s1. The van der Waals surface area contributed by atoms with Gasteiger partial charge in [-0.2, -0.15) is 0 Å². The van der Waals surface area contributed by atoms with Gasteiger partial charge in [0.15, 0.2) is 0 Å². The molecular formula is C50H54O8. The molecule has 0 heterocycles. The molecule has 4 aromatic rings. The van der Waals surface area contributed by atoms with Gasteiger partial charge < -0.3 is 30.6 Å². The van der Waals surface area contributed by atoms with Crippen LogP contribution in [-0.2, 0) is 12.8 Å². The molecule has 302 valence electrons. The zero-order valence-electron chi connectivity index (χ0n) is 34.7. The number of phenolic OH excluding ortho intramolecular Hbond substituents is 6. The van der Waals surface area contributed by atoms with Gasteiger partial charge in [0.1, 0.15) is 34.5 Å². The van der Waals surface area contributed by atoms with Crippen molar-refractivity contribution in [1.82, 2.24) is 0 Å². The van der Waals surface area contributed by atoms with E-state index in [0.717, 1.165) is 36.8 Å². The molecule has 0 bridgehead atoms. The highest BCUT2D eigenvalue weighted by Gasteiger charge is 2.47. The first-order valence-electron chi connectivity index (χ1n) is 19.9. The van der Waals surface area contributed by atoms with Crippen molar-refractivity contribution in [2.24, 2.45) is 0 Å². The fourth-order valence-corrected chi connectivity index (χ4v) is 8.61. The molecule has 0 unspecified atom stereocenters. The van der Waals surface area contributed by atoms with Gasteiger partial charge in [0.2, 0.25) is 11.6 Å². The summed E-state index contributed by atoms with van der Waals surface area (Å²) in [5.41, 5.74) is 6.99. The Bertz CT molecular complexity index is 2310. The highest BCUT2D eigenvalue weighted by Crippen LogP contribution is 2.58. The largest absolute Gasteiger partial charge is 0.508 e. The number of hydrogen-bond donors (Lipinski definition) is 6. The number of fused-ring (bicyclic) bond motifs is 4. The van der Waals surface area contributed by atoms with Crippen molar-refractivity contribution < 1.29 is 40.2 Å². The predicted molar refractivity (Wildman–Crippen MR) is 228 cm³/mol. The molecule has 0 fully saturated rings. The van der Waals surface area contributed by atoms with Gasteiger partial charge in [-0.05, 0) is 152 Å². The fourth-order valence-electron chi connectivity index (χ4n) is 8.61. The van der Waals surface area contributed by atoms with Gasteiger partial charge >= 0.3 is 0 Å². The van der Waals surface area contributed by atoms with Gasteiger partial charge in [0, 0.05) is 23.0 Å². The molecule has 6 N–H and O–H groups in total. The number of rotatable bonds is 11. The molecule has 0 saturated carbocycles. The molecule has 2 atom stereocenters. The molecule has 8 nitrogen and oxygen atoms in total. The maximum absolute atomic E-state index is 14.5. The lowest BCUT2D eigenvalue weighted by atomic mass is 9.63. The van der Waals surface area contributed by atoms with Gasteiger partial charge in [-0.1, -0.05) is 58.7 Å². The van der Waals surface area contributed by atoms with E-state index in [-0.39, 0.29) is 80.3 Å². The number of phenols is 6. The lowest BCUT2D eigenvalue weighted by Crippen LogP contribution is -2.30. The van der Waals surface area contributed by atoms with E-state index in [1.807, 2.05) is 53.7 Å². The van der Waals surface area contributed by atoms with Gasteiger partial charge in [-0.3, -0.25) is 9.59 Å². The molecule has 2 aliphatic carbocycles. The van der Waals surface area contributed by atoms with Gasteiger partial charge in [0.25, 0.3) is 0 Å². The Labute approximate surface area is 340 Å². The summed E-state index contributed by atoms with van der Waals surface area (Å²) >= 11 is 0. The summed E-state index contributed by atoms with van der Waals surface area (Å²) in [4.78, 5) is 29.0. The summed E-state index contributed by atoms with van der Waals surface area (Å²) in [5, 5.41) is 70.2. The first-order valence-corrected chi connectivity index (χ1v) is 19.9. The van der Waals surface area contributed by atoms with Crippen LogP contribution in [-0.4, -0.2) is 42.2 Å². The predicted octanol–water partition coefficient (Wildman–Crippen LogP) is 11.1. The minimum Gasteiger partial charge on any atom is -0.508 e. The smallest absolute Gasteiger partial charge is 0.201 e. The van der Waals surface area contributed by atoms with Crippen LogP contribution >= 0.6 is 0 Å². The van der Waals surface area contributed by atoms with Crippen LogP contribution in [0, 0.1) is 13.8 Å². The van der Waals surface area contributed by atoms with Crippen molar-refractivity contribution in [3.63, 3.8) is 0 Å². The molecule has 0 spiro atoms. The molecule has 8 heteroatoms. The number of aryl methyl sites for hydroxylation is 2. The zero-order valence-corrected chi connectivity index (χ0v) is 34.7. The first kappa shape index (κ1) is 41.6. The molecule has 0 saturated heterocycles. The third kappa shape index (κ3) is 7.80. The minimum atomic E-state index is -0.964. The van der Waals surface area contributed by atoms with E-state index in [1.54, 1.807) is 26.0 Å². The first-order chi connectivity index (χ1) is 27.4. The van der Waals surface area contributed by atoms with Crippen molar-refractivity contribution in [3.05, 3.63) is 150 Å². The fraction of sp³-hybridized carbons (Fsp3) is 0.320. The quantitative estimate of drug-likeness (QED) is 0.0821. The third-order valence-electron chi connectivity index (χ3n) is 11.5. The molecule has 0 aromatic heterocycles. The Hall–Kier alpha value is -6.02. The maximum atomic E-state index is 14.5. The minimum absolute atomic E-state index is 0.0425. The molecule has 0 amide bonds. The summed E-state index contributed by atoms with van der Waals surface area (Å²) in [6.45, 7) is 15.6. The number of carbonyl (C=O) groups excluding carboxylic acids is 2. The third-order valence-corrected chi connectivity index (χ3v) is 11.5. The van der Waals surface area contributed by atoms with Crippen molar-refractivity contribution in [3.8, 4) is 34.5 Å². The number of hydrogen-bond acceptors (Lipinski definition) is 8. The Morgan fingerprint density at radius 1 is 0.483 bits per heavy atom. The Morgan fingerprint density at radius 2 is 0.828 bits per heavy atom. The van der Waals surface area contributed by atoms with Crippen molar-refractivity contribution >= 4 is 11.6 Å². The average molecular weight is 783 g/mol. The summed E-state index contributed by atoms with van der Waals surface area (Å²) in [6, 6.07) is 9.37. The van der Waals surface area contributed by atoms with E-state index in [2.05, 4.69) is 12.2 Å². The summed E-state index contributed by atoms with van der Waals surface area (Å²) in [6.07, 6.45) is 11.6. The average Bonchev–Trinajstić information content (AvgIpc) is 3.11. The number of ketones is 2. The highest BCUT2D eigenvalue weighted by molar-refractivity contribution is 6.18. The number of aromatic hydroxyl groups is 6. The number of allylic oxidation sites excluding steroid dienone is 8. The topological polar surface area (TPSA) is 156 Å². The van der Waals surface area contributed by atoms with Crippen LogP contribution in [0.25, 0.3) is 0 Å². The van der Waals surface area contributed by atoms with Crippen LogP contribution in [0.1, 0.15) is 155 Å². The monoisotopic (exact) mass is 782 g/mol. The molecule has 6 rings (SSSR count). The van der Waals surface area contributed by atoms with Crippen LogP contribution < -0.4 is 0 Å². The van der Waals surface area contributed by atoms with Crippen LogP contribution in [0.15, 0.2) is 83.0 Å². The summed E-state index contributed by atoms with van der Waals surface area (Å²) in [7, 11) is 0. The van der Waals surface area contributed by atoms with E-state index in [4.69, 9.17) is 0 Å². The van der Waals surface area contributed by atoms with Crippen molar-refractivity contribution in [1.29, 1.82) is 0 Å². The van der Waals surface area contributed by atoms with E-state index in [1.165, 1.54) is 35.4 Å². The molecule has 2 aliphatic rings. The normalized spacial score (nSPS) is 16.0. The van der Waals surface area contributed by atoms with E-state index < -0.39 is 34.9 Å². The molecule has 0 aliphatic heterocycles. The van der Waals surface area contributed by atoms with Gasteiger partial charge in [0.05, 0.1) is 22.3 Å². The van der Waals surface area contributed by atoms with Crippen LogP contribution in [0.3, 0.4) is 0 Å². The number of carbonyl (C=O) groups is 2. The SMILES string of the molecule is CC(C)=CCC/C(C)=C\Cc1c(O)cc2c(c1O)C(=O)c1c(O)cc(C)cc1[C@@H]2[C@H]1c2cc(C)cc(O)c2C(=O)c2c1cc(O)c(C/C=C(\C)CCC=C(C)C)c2O. The van der Waals surface area contributed by atoms with Gasteiger partial charge in [-0.25, -0.2) is 0 Å². The van der Waals surface area contributed by atoms with E-state index >= 15 is 0 Å². The van der Waals surface area contributed by atoms with Crippen LogP contribution in [0.2, 0.25) is 0 Å². The molecule has 58 heavy (non-hydrogen) atoms. The van der Waals surface area contributed by atoms with E-state index in [9.17, 15) is 40.2 Å². The molecule has 0 radical (unpaired) electrons.